The Bertz CT molecular complexity index is 659. The summed E-state index contributed by atoms with van der Waals surface area (Å²) in [4.78, 5) is 18.1. The molecule has 8 nitrogen and oxygen atoms in total. The fourth-order valence-electron chi connectivity index (χ4n) is 2.60. The van der Waals surface area contributed by atoms with Gasteiger partial charge in [-0.1, -0.05) is 19.0 Å². The largest absolute Gasteiger partial charge is 0.329 e. The van der Waals surface area contributed by atoms with Crippen LogP contribution in [0.3, 0.4) is 0 Å². The SMILES string of the molecule is Cc1noc(NC(=O)N2Cc3cn[nH]c3CC(C)(C)C2)n1. The molecule has 0 bridgehead atoms. The minimum Gasteiger partial charge on any atom is -0.319 e. The summed E-state index contributed by atoms with van der Waals surface area (Å²) >= 11 is 0. The monoisotopic (exact) mass is 290 g/mol. The molecule has 0 unspecified atom stereocenters. The van der Waals surface area contributed by atoms with Crippen molar-refractivity contribution in [2.75, 3.05) is 11.9 Å². The lowest BCUT2D eigenvalue weighted by atomic mass is 9.88. The van der Waals surface area contributed by atoms with Gasteiger partial charge in [-0.2, -0.15) is 10.1 Å². The number of H-pyrrole nitrogens is 1. The van der Waals surface area contributed by atoms with Crippen LogP contribution in [0.2, 0.25) is 0 Å². The normalized spacial score (nSPS) is 17.2. The van der Waals surface area contributed by atoms with E-state index in [0.717, 1.165) is 17.7 Å². The maximum Gasteiger partial charge on any atom is 0.329 e. The van der Waals surface area contributed by atoms with Crippen molar-refractivity contribution in [2.24, 2.45) is 5.41 Å². The van der Waals surface area contributed by atoms with Crippen LogP contribution in [0, 0.1) is 12.3 Å². The van der Waals surface area contributed by atoms with Gasteiger partial charge in [0.2, 0.25) is 0 Å². The summed E-state index contributed by atoms with van der Waals surface area (Å²) in [6, 6.07) is -0.132. The number of amides is 2. The molecule has 0 fully saturated rings. The maximum atomic E-state index is 12.4. The maximum absolute atomic E-state index is 12.4. The number of anilines is 1. The van der Waals surface area contributed by atoms with Gasteiger partial charge in [0.15, 0.2) is 5.82 Å². The molecule has 0 aliphatic carbocycles. The van der Waals surface area contributed by atoms with Gasteiger partial charge in [-0.3, -0.25) is 10.4 Å². The first-order valence-corrected chi connectivity index (χ1v) is 6.80. The fraction of sp³-hybridized carbons (Fsp3) is 0.538. The number of carbonyl (C=O) groups is 1. The predicted octanol–water partition coefficient (Wildman–Crippen LogP) is 1.72. The molecule has 3 heterocycles. The van der Waals surface area contributed by atoms with Crippen LogP contribution in [0.4, 0.5) is 10.8 Å². The number of urea groups is 1. The van der Waals surface area contributed by atoms with Crippen LogP contribution >= 0.6 is 0 Å². The van der Waals surface area contributed by atoms with Gasteiger partial charge in [0.05, 0.1) is 12.7 Å². The van der Waals surface area contributed by atoms with Crippen molar-refractivity contribution in [2.45, 2.75) is 33.7 Å². The van der Waals surface area contributed by atoms with E-state index in [4.69, 9.17) is 4.52 Å². The summed E-state index contributed by atoms with van der Waals surface area (Å²) in [5.74, 6) is 0.485. The minimum absolute atomic E-state index is 0.0418. The van der Waals surface area contributed by atoms with Crippen molar-refractivity contribution in [3.05, 3.63) is 23.3 Å². The highest BCUT2D eigenvalue weighted by Gasteiger charge is 2.31. The van der Waals surface area contributed by atoms with Crippen molar-refractivity contribution in [1.82, 2.24) is 25.2 Å². The van der Waals surface area contributed by atoms with Gasteiger partial charge in [0, 0.05) is 17.8 Å². The van der Waals surface area contributed by atoms with Gasteiger partial charge in [0.1, 0.15) is 0 Å². The lowest BCUT2D eigenvalue weighted by Gasteiger charge is -2.29. The number of aromatic amines is 1. The standard InChI is InChI=1S/C13H18N6O2/c1-8-15-11(21-18-8)16-12(20)19-6-9-5-14-17-10(9)4-13(2,3)7-19/h5H,4,6-7H2,1-3H3,(H,14,17)(H,15,16,18,20). The Morgan fingerprint density at radius 2 is 2.33 bits per heavy atom. The molecule has 2 aromatic rings. The molecule has 0 atom stereocenters. The second-order valence-corrected chi connectivity index (χ2v) is 6.15. The molecule has 112 valence electrons. The fourth-order valence-corrected chi connectivity index (χ4v) is 2.60. The smallest absolute Gasteiger partial charge is 0.319 e. The predicted molar refractivity (Wildman–Crippen MR) is 74.5 cm³/mol. The first-order chi connectivity index (χ1) is 9.93. The molecule has 2 amide bonds. The molecule has 3 rings (SSSR count). The molecule has 0 radical (unpaired) electrons. The number of carbonyl (C=O) groups excluding carboxylic acids is 1. The summed E-state index contributed by atoms with van der Waals surface area (Å²) in [6.45, 7) is 7.09. The zero-order valence-corrected chi connectivity index (χ0v) is 12.3. The molecule has 2 N–H and O–H groups in total. The quantitative estimate of drug-likeness (QED) is 0.833. The number of hydrogen-bond donors (Lipinski definition) is 2. The number of aryl methyl sites for hydroxylation is 1. The summed E-state index contributed by atoms with van der Waals surface area (Å²) in [6.07, 6.45) is 2.62. The molecular formula is C13H18N6O2. The van der Waals surface area contributed by atoms with Crippen LogP contribution in [-0.4, -0.2) is 37.8 Å². The topological polar surface area (TPSA) is 99.9 Å². The summed E-state index contributed by atoms with van der Waals surface area (Å²) < 4.78 is 4.93. The Morgan fingerprint density at radius 3 is 3.05 bits per heavy atom. The van der Waals surface area contributed by atoms with Crippen molar-refractivity contribution < 1.29 is 9.32 Å². The van der Waals surface area contributed by atoms with Gasteiger partial charge >= 0.3 is 12.0 Å². The highest BCUT2D eigenvalue weighted by Crippen LogP contribution is 2.29. The van der Waals surface area contributed by atoms with E-state index in [1.54, 1.807) is 18.0 Å². The molecule has 1 aliphatic heterocycles. The molecule has 1 aliphatic rings. The number of rotatable bonds is 1. The van der Waals surface area contributed by atoms with Crippen LogP contribution in [0.5, 0.6) is 0 Å². The van der Waals surface area contributed by atoms with E-state index in [0.29, 0.717) is 18.9 Å². The van der Waals surface area contributed by atoms with E-state index in [-0.39, 0.29) is 17.5 Å². The third-order valence-corrected chi connectivity index (χ3v) is 3.47. The Labute approximate surface area is 121 Å². The van der Waals surface area contributed by atoms with E-state index >= 15 is 0 Å². The number of aromatic nitrogens is 4. The number of fused-ring (bicyclic) bond motifs is 1. The molecule has 21 heavy (non-hydrogen) atoms. The molecule has 8 heteroatoms. The first-order valence-electron chi connectivity index (χ1n) is 6.80. The number of nitrogens with one attached hydrogen (secondary N) is 2. The Morgan fingerprint density at radius 1 is 1.52 bits per heavy atom. The molecule has 0 spiro atoms. The minimum atomic E-state index is -0.249. The second kappa shape index (κ2) is 4.87. The molecule has 0 saturated carbocycles. The molecular weight excluding hydrogens is 272 g/mol. The highest BCUT2D eigenvalue weighted by atomic mass is 16.5. The van der Waals surface area contributed by atoms with Crippen LogP contribution in [-0.2, 0) is 13.0 Å². The Kier molecular flexibility index (Phi) is 3.15. The van der Waals surface area contributed by atoms with E-state index in [2.05, 4.69) is 39.5 Å². The Hall–Kier alpha value is -2.38. The summed E-state index contributed by atoms with van der Waals surface area (Å²) in [5.41, 5.74) is 2.08. The zero-order chi connectivity index (χ0) is 15.0. The third kappa shape index (κ3) is 2.88. The van der Waals surface area contributed by atoms with Gasteiger partial charge in [-0.15, -0.1) is 0 Å². The summed E-state index contributed by atoms with van der Waals surface area (Å²) in [7, 11) is 0. The van der Waals surface area contributed by atoms with Crippen LogP contribution in [0.25, 0.3) is 0 Å². The Balaban J connectivity index is 1.79. The van der Waals surface area contributed by atoms with Crippen molar-refractivity contribution >= 4 is 12.0 Å². The highest BCUT2D eigenvalue weighted by molar-refractivity contribution is 5.87. The van der Waals surface area contributed by atoms with Gasteiger partial charge < -0.3 is 9.42 Å². The average Bonchev–Trinajstić information content (AvgIpc) is 2.95. The lowest BCUT2D eigenvalue weighted by Crippen LogP contribution is -2.40. The van der Waals surface area contributed by atoms with Gasteiger partial charge in [0.25, 0.3) is 0 Å². The molecule has 2 aromatic heterocycles. The lowest BCUT2D eigenvalue weighted by molar-refractivity contribution is 0.179. The second-order valence-electron chi connectivity index (χ2n) is 6.15. The molecule has 0 saturated heterocycles. The van der Waals surface area contributed by atoms with Gasteiger partial charge in [-0.25, -0.2) is 4.79 Å². The van der Waals surface area contributed by atoms with E-state index < -0.39 is 0 Å². The number of nitrogens with zero attached hydrogens (tertiary/aromatic N) is 4. The molecule has 0 aromatic carbocycles. The van der Waals surface area contributed by atoms with Crippen LogP contribution < -0.4 is 5.32 Å². The van der Waals surface area contributed by atoms with E-state index in [9.17, 15) is 4.79 Å². The zero-order valence-electron chi connectivity index (χ0n) is 12.3. The van der Waals surface area contributed by atoms with Crippen LogP contribution in [0.1, 0.15) is 30.9 Å². The number of hydrogen-bond acceptors (Lipinski definition) is 5. The van der Waals surface area contributed by atoms with Crippen molar-refractivity contribution in [1.29, 1.82) is 0 Å². The van der Waals surface area contributed by atoms with Gasteiger partial charge in [-0.05, 0) is 18.8 Å². The van der Waals surface area contributed by atoms with Crippen LogP contribution in [0.15, 0.2) is 10.7 Å². The van der Waals surface area contributed by atoms with E-state index in [1.807, 2.05) is 0 Å². The van der Waals surface area contributed by atoms with E-state index in [1.165, 1.54) is 0 Å². The summed E-state index contributed by atoms with van der Waals surface area (Å²) in [5, 5.41) is 13.4. The third-order valence-electron chi connectivity index (χ3n) is 3.47. The average molecular weight is 290 g/mol. The first kappa shape index (κ1) is 13.6. The van der Waals surface area contributed by atoms with Crippen molar-refractivity contribution in [3.63, 3.8) is 0 Å². The van der Waals surface area contributed by atoms with Crippen molar-refractivity contribution in [3.8, 4) is 0 Å².